The number of ether oxygens (including phenoxy) is 2. The second-order valence-electron chi connectivity index (χ2n) is 5.03. The van der Waals surface area contributed by atoms with Crippen LogP contribution in [0.5, 0.6) is 11.5 Å². The molecule has 0 bridgehead atoms. The third kappa shape index (κ3) is 4.45. The van der Waals surface area contributed by atoms with Gasteiger partial charge in [0.05, 0.1) is 17.3 Å². The number of carbonyl (C=O) groups excluding carboxylic acids is 1. The van der Waals surface area contributed by atoms with Crippen LogP contribution in [-0.4, -0.2) is 19.1 Å². The topological polar surface area (TPSA) is 47.6 Å². The van der Waals surface area contributed by atoms with Gasteiger partial charge in [0.1, 0.15) is 11.6 Å². The predicted molar refractivity (Wildman–Crippen MR) is 90.6 cm³/mol. The normalized spacial score (nSPS) is 11.7. The Balaban J connectivity index is 2.10. The number of nitrogens with one attached hydrogen (secondary N) is 1. The van der Waals surface area contributed by atoms with Gasteiger partial charge < -0.3 is 14.8 Å². The number of benzene rings is 2. The molecular formula is C17H17BrFNO3. The summed E-state index contributed by atoms with van der Waals surface area (Å²) in [5.41, 5.74) is 1.34. The summed E-state index contributed by atoms with van der Waals surface area (Å²) in [5, 5.41) is 2.62. The van der Waals surface area contributed by atoms with Gasteiger partial charge in [0.15, 0.2) is 11.9 Å². The summed E-state index contributed by atoms with van der Waals surface area (Å²) in [7, 11) is 1.44. The Bertz CT molecular complexity index is 704. The first-order valence-electron chi connectivity index (χ1n) is 6.98. The van der Waals surface area contributed by atoms with E-state index < -0.39 is 17.8 Å². The first-order chi connectivity index (χ1) is 10.9. The largest absolute Gasteiger partial charge is 0.493 e. The fourth-order valence-electron chi connectivity index (χ4n) is 1.97. The highest BCUT2D eigenvalue weighted by Crippen LogP contribution is 2.34. The Kier molecular flexibility index (Phi) is 5.60. The van der Waals surface area contributed by atoms with Crippen molar-refractivity contribution in [2.75, 3.05) is 12.4 Å². The number of anilines is 1. The summed E-state index contributed by atoms with van der Waals surface area (Å²) in [4.78, 5) is 12.2. The van der Waals surface area contributed by atoms with Crippen molar-refractivity contribution in [3.8, 4) is 11.5 Å². The number of halogens is 2. The van der Waals surface area contributed by atoms with Gasteiger partial charge in [-0.3, -0.25) is 4.79 Å². The minimum absolute atomic E-state index is 0.240. The molecule has 0 heterocycles. The van der Waals surface area contributed by atoms with Gasteiger partial charge in [0, 0.05) is 6.07 Å². The van der Waals surface area contributed by atoms with Crippen molar-refractivity contribution in [1.82, 2.24) is 0 Å². The highest BCUT2D eigenvalue weighted by molar-refractivity contribution is 9.10. The molecule has 0 saturated heterocycles. The number of hydrogen-bond acceptors (Lipinski definition) is 3. The van der Waals surface area contributed by atoms with E-state index in [9.17, 15) is 9.18 Å². The van der Waals surface area contributed by atoms with E-state index in [2.05, 4.69) is 21.2 Å². The lowest BCUT2D eigenvalue weighted by Crippen LogP contribution is -2.30. The molecule has 2 aromatic rings. The molecule has 122 valence electrons. The zero-order valence-corrected chi connectivity index (χ0v) is 14.6. The second-order valence-corrected chi connectivity index (χ2v) is 5.89. The number of hydrogen-bond donors (Lipinski definition) is 1. The van der Waals surface area contributed by atoms with Crippen molar-refractivity contribution in [3.63, 3.8) is 0 Å². The van der Waals surface area contributed by atoms with Gasteiger partial charge in [-0.1, -0.05) is 17.7 Å². The molecule has 0 aromatic heterocycles. The summed E-state index contributed by atoms with van der Waals surface area (Å²) in [6.07, 6.45) is -0.746. The van der Waals surface area contributed by atoms with Crippen molar-refractivity contribution >= 4 is 27.5 Å². The fourth-order valence-corrected chi connectivity index (χ4v) is 2.56. The van der Waals surface area contributed by atoms with E-state index >= 15 is 0 Å². The number of rotatable bonds is 5. The minimum atomic E-state index is -0.746. The number of methoxy groups -OCH3 is 1. The summed E-state index contributed by atoms with van der Waals surface area (Å²) < 4.78 is 24.7. The maximum atomic E-state index is 13.5. The Labute approximate surface area is 142 Å². The van der Waals surface area contributed by atoms with E-state index in [1.807, 2.05) is 19.1 Å². The van der Waals surface area contributed by atoms with E-state index in [0.717, 1.165) is 5.56 Å². The first-order valence-corrected chi connectivity index (χ1v) is 7.77. The van der Waals surface area contributed by atoms with Gasteiger partial charge in [0.2, 0.25) is 0 Å². The van der Waals surface area contributed by atoms with E-state index in [1.54, 1.807) is 19.1 Å². The van der Waals surface area contributed by atoms with Gasteiger partial charge in [-0.2, -0.15) is 0 Å². The molecule has 0 spiro atoms. The minimum Gasteiger partial charge on any atom is -0.493 e. The average Bonchev–Trinajstić information content (AvgIpc) is 2.49. The molecule has 0 aliphatic carbocycles. The summed E-state index contributed by atoms with van der Waals surface area (Å²) >= 11 is 3.20. The molecule has 0 radical (unpaired) electrons. The third-order valence-corrected chi connectivity index (χ3v) is 3.76. The van der Waals surface area contributed by atoms with Crippen LogP contribution in [0.3, 0.4) is 0 Å². The maximum absolute atomic E-state index is 13.5. The van der Waals surface area contributed by atoms with Crippen molar-refractivity contribution in [2.24, 2.45) is 0 Å². The van der Waals surface area contributed by atoms with Crippen molar-refractivity contribution in [2.45, 2.75) is 20.0 Å². The standard InChI is InChI=1S/C17H17BrFNO3/c1-10-4-6-13(7-5-10)23-11(2)17(21)20-15-9-12(19)8-14(18)16(15)22-3/h4-9,11H,1-3H3,(H,20,21)/t11-/m1/s1. The molecule has 6 heteroatoms. The molecule has 0 fully saturated rings. The Morgan fingerprint density at radius 1 is 1.26 bits per heavy atom. The van der Waals surface area contributed by atoms with E-state index in [1.165, 1.54) is 19.2 Å². The van der Waals surface area contributed by atoms with Crippen LogP contribution in [0, 0.1) is 12.7 Å². The van der Waals surface area contributed by atoms with Crippen LogP contribution in [0.2, 0.25) is 0 Å². The number of aryl methyl sites for hydroxylation is 1. The molecule has 0 unspecified atom stereocenters. The van der Waals surface area contributed by atoms with Crippen LogP contribution in [0.25, 0.3) is 0 Å². The highest BCUT2D eigenvalue weighted by Gasteiger charge is 2.18. The predicted octanol–water partition coefficient (Wildman–Crippen LogP) is 4.31. The molecule has 0 saturated carbocycles. The maximum Gasteiger partial charge on any atom is 0.265 e. The second kappa shape index (κ2) is 7.46. The molecule has 0 aliphatic heterocycles. The lowest BCUT2D eigenvalue weighted by atomic mass is 10.2. The molecule has 2 rings (SSSR count). The molecular weight excluding hydrogens is 365 g/mol. The summed E-state index contributed by atoms with van der Waals surface area (Å²) in [5.74, 6) is 0.0504. The van der Waals surface area contributed by atoms with Crippen molar-refractivity contribution in [3.05, 3.63) is 52.3 Å². The van der Waals surface area contributed by atoms with Gasteiger partial charge in [-0.05, 0) is 48.0 Å². The van der Waals surface area contributed by atoms with E-state index in [0.29, 0.717) is 16.0 Å². The van der Waals surface area contributed by atoms with Crippen LogP contribution >= 0.6 is 15.9 Å². The summed E-state index contributed by atoms with van der Waals surface area (Å²) in [6, 6.07) is 9.83. The summed E-state index contributed by atoms with van der Waals surface area (Å²) in [6.45, 7) is 3.59. The number of carbonyl (C=O) groups is 1. The SMILES string of the molecule is COc1c(Br)cc(F)cc1NC(=O)[C@@H](C)Oc1ccc(C)cc1. The Morgan fingerprint density at radius 3 is 2.52 bits per heavy atom. The van der Waals surface area contributed by atoms with E-state index in [-0.39, 0.29) is 5.69 Å². The van der Waals surface area contributed by atoms with Crippen LogP contribution in [-0.2, 0) is 4.79 Å². The smallest absolute Gasteiger partial charge is 0.265 e. The average molecular weight is 382 g/mol. The van der Waals surface area contributed by atoms with Gasteiger partial charge in [-0.25, -0.2) is 4.39 Å². The molecule has 1 amide bonds. The van der Waals surface area contributed by atoms with E-state index in [4.69, 9.17) is 9.47 Å². The molecule has 1 atom stereocenters. The Morgan fingerprint density at radius 2 is 1.91 bits per heavy atom. The molecule has 2 aromatic carbocycles. The molecule has 4 nitrogen and oxygen atoms in total. The molecule has 23 heavy (non-hydrogen) atoms. The van der Waals surface area contributed by atoms with Crippen LogP contribution in [0.1, 0.15) is 12.5 Å². The molecule has 0 aliphatic rings. The van der Waals surface area contributed by atoms with Gasteiger partial charge in [-0.15, -0.1) is 0 Å². The van der Waals surface area contributed by atoms with Crippen molar-refractivity contribution < 1.29 is 18.7 Å². The van der Waals surface area contributed by atoms with Crippen LogP contribution in [0.4, 0.5) is 10.1 Å². The zero-order chi connectivity index (χ0) is 17.0. The highest BCUT2D eigenvalue weighted by atomic mass is 79.9. The monoisotopic (exact) mass is 381 g/mol. The zero-order valence-electron chi connectivity index (χ0n) is 13.0. The third-order valence-electron chi connectivity index (χ3n) is 3.17. The lowest BCUT2D eigenvalue weighted by molar-refractivity contribution is -0.122. The Hall–Kier alpha value is -2.08. The lowest BCUT2D eigenvalue weighted by Gasteiger charge is -2.17. The van der Waals surface area contributed by atoms with Crippen molar-refractivity contribution in [1.29, 1.82) is 0 Å². The van der Waals surface area contributed by atoms with Crippen LogP contribution in [0.15, 0.2) is 40.9 Å². The van der Waals surface area contributed by atoms with Crippen LogP contribution < -0.4 is 14.8 Å². The first kappa shape index (κ1) is 17.3. The number of amides is 1. The van der Waals surface area contributed by atoms with Gasteiger partial charge in [0.25, 0.3) is 5.91 Å². The quantitative estimate of drug-likeness (QED) is 0.839. The molecule has 1 N–H and O–H groups in total. The fraction of sp³-hybridized carbons (Fsp3) is 0.235. The van der Waals surface area contributed by atoms with Gasteiger partial charge >= 0.3 is 0 Å².